The van der Waals surface area contributed by atoms with Gasteiger partial charge in [0.05, 0.1) is 12.9 Å². The number of hydrogen-bond donors (Lipinski definition) is 3. The fourth-order valence-electron chi connectivity index (χ4n) is 2.88. The van der Waals surface area contributed by atoms with Crippen LogP contribution in [0.1, 0.15) is 51.3 Å². The fourth-order valence-corrected chi connectivity index (χ4v) is 3.59. The molecule has 0 heterocycles. The van der Waals surface area contributed by atoms with Gasteiger partial charge in [-0.15, -0.1) is 0 Å². The highest BCUT2D eigenvalue weighted by atomic mass is 32.2. The van der Waals surface area contributed by atoms with E-state index >= 15 is 0 Å². The Labute approximate surface area is 198 Å². The number of thiocarbonyl (C=S) groups is 1. The minimum atomic E-state index is -3.28. The second kappa shape index (κ2) is 11.0. The van der Waals surface area contributed by atoms with E-state index in [0.717, 1.165) is 23.1 Å². The molecule has 8 heteroatoms. The molecule has 0 saturated heterocycles. The van der Waals surface area contributed by atoms with E-state index in [0.29, 0.717) is 36.4 Å². The topological polar surface area (TPSA) is 79.5 Å². The lowest BCUT2D eigenvalue weighted by molar-refractivity contribution is 0.268. The molecule has 0 aromatic heterocycles. The number of rotatable bonds is 9. The third-order valence-electron chi connectivity index (χ3n) is 4.66. The summed E-state index contributed by atoms with van der Waals surface area (Å²) in [6.45, 7) is 12.6. The Balaban J connectivity index is 1.95. The van der Waals surface area contributed by atoms with Crippen LogP contribution in [0.4, 0.5) is 5.69 Å². The Hall–Kier alpha value is -2.32. The van der Waals surface area contributed by atoms with Crippen molar-refractivity contribution in [2.24, 2.45) is 5.92 Å². The van der Waals surface area contributed by atoms with Crippen molar-refractivity contribution in [2.75, 3.05) is 17.6 Å². The van der Waals surface area contributed by atoms with Crippen molar-refractivity contribution in [2.45, 2.75) is 53.1 Å². The van der Waals surface area contributed by atoms with Crippen LogP contribution in [0, 0.1) is 5.92 Å². The maximum atomic E-state index is 11.3. The molecule has 0 fully saturated rings. The smallest absolute Gasteiger partial charge is 0.229 e. The SMILES string of the molecule is CC(C)COc1cc(C(C)(C)C)ccc1CNC(=S)NCc1ccc(NS(C)(=O)=O)cc1. The Kier molecular flexibility index (Phi) is 8.92. The molecule has 0 aliphatic rings. The molecule has 0 spiro atoms. The van der Waals surface area contributed by atoms with Crippen molar-refractivity contribution >= 4 is 33.0 Å². The predicted molar refractivity (Wildman–Crippen MR) is 137 cm³/mol. The molecule has 2 aromatic rings. The van der Waals surface area contributed by atoms with Gasteiger partial charge < -0.3 is 15.4 Å². The van der Waals surface area contributed by atoms with E-state index in [1.807, 2.05) is 12.1 Å². The van der Waals surface area contributed by atoms with E-state index in [1.165, 1.54) is 5.56 Å². The second-order valence-electron chi connectivity index (χ2n) is 9.38. The van der Waals surface area contributed by atoms with Gasteiger partial charge in [0.2, 0.25) is 10.0 Å². The van der Waals surface area contributed by atoms with Crippen LogP contribution in [-0.4, -0.2) is 26.4 Å². The molecule has 0 radical (unpaired) electrons. The van der Waals surface area contributed by atoms with Crippen LogP contribution in [0.5, 0.6) is 5.75 Å². The highest BCUT2D eigenvalue weighted by Crippen LogP contribution is 2.29. The van der Waals surface area contributed by atoms with Crippen molar-refractivity contribution in [1.82, 2.24) is 10.6 Å². The predicted octanol–water partition coefficient (Wildman–Crippen LogP) is 4.55. The number of anilines is 1. The van der Waals surface area contributed by atoms with Crippen molar-refractivity contribution in [1.29, 1.82) is 0 Å². The molecule has 0 aliphatic heterocycles. The molecule has 0 unspecified atom stereocenters. The minimum Gasteiger partial charge on any atom is -0.493 e. The highest BCUT2D eigenvalue weighted by molar-refractivity contribution is 7.92. The lowest BCUT2D eigenvalue weighted by Crippen LogP contribution is -2.34. The molecule has 6 nitrogen and oxygen atoms in total. The summed E-state index contributed by atoms with van der Waals surface area (Å²) < 4.78 is 31.1. The van der Waals surface area contributed by atoms with Gasteiger partial charge in [-0.1, -0.05) is 58.9 Å². The van der Waals surface area contributed by atoms with E-state index in [-0.39, 0.29) is 5.41 Å². The number of ether oxygens (including phenoxy) is 1. The van der Waals surface area contributed by atoms with Gasteiger partial charge in [-0.25, -0.2) is 8.42 Å². The number of nitrogens with one attached hydrogen (secondary N) is 3. The third kappa shape index (κ3) is 9.04. The Morgan fingerprint density at radius 3 is 2.22 bits per heavy atom. The van der Waals surface area contributed by atoms with E-state index in [1.54, 1.807) is 12.1 Å². The van der Waals surface area contributed by atoms with E-state index in [9.17, 15) is 8.42 Å². The number of hydrogen-bond acceptors (Lipinski definition) is 4. The average Bonchev–Trinajstić information content (AvgIpc) is 2.68. The molecule has 0 amide bonds. The Morgan fingerprint density at radius 2 is 1.66 bits per heavy atom. The molecule has 2 rings (SSSR count). The van der Waals surface area contributed by atoms with Crippen molar-refractivity contribution < 1.29 is 13.2 Å². The standard InChI is InChI=1S/C24H35N3O3S2/c1-17(2)16-30-22-13-20(24(3,4)5)10-9-19(22)15-26-23(31)25-14-18-7-11-21(12-8-18)27-32(6,28)29/h7-13,17,27H,14-16H2,1-6H3,(H2,25,26,31). The van der Waals surface area contributed by atoms with E-state index < -0.39 is 10.0 Å². The molecule has 2 aromatic carbocycles. The van der Waals surface area contributed by atoms with E-state index in [4.69, 9.17) is 17.0 Å². The highest BCUT2D eigenvalue weighted by Gasteiger charge is 2.16. The third-order valence-corrected chi connectivity index (χ3v) is 5.55. The van der Waals surface area contributed by atoms with Gasteiger partial charge in [0.1, 0.15) is 5.75 Å². The average molecular weight is 478 g/mol. The molecular weight excluding hydrogens is 442 g/mol. The summed E-state index contributed by atoms with van der Waals surface area (Å²) in [7, 11) is -3.28. The zero-order chi connectivity index (χ0) is 23.9. The second-order valence-corrected chi connectivity index (χ2v) is 11.5. The van der Waals surface area contributed by atoms with Gasteiger partial charge in [-0.2, -0.15) is 0 Å². The van der Waals surface area contributed by atoms with E-state index in [2.05, 4.69) is 68.2 Å². The number of benzene rings is 2. The quantitative estimate of drug-likeness (QED) is 0.460. The van der Waals surface area contributed by atoms with Gasteiger partial charge in [0.15, 0.2) is 5.11 Å². The van der Waals surface area contributed by atoms with Gasteiger partial charge in [-0.3, -0.25) is 4.72 Å². The zero-order valence-corrected chi connectivity index (χ0v) is 21.4. The molecule has 3 N–H and O–H groups in total. The van der Waals surface area contributed by atoms with Crippen LogP contribution < -0.4 is 20.1 Å². The van der Waals surface area contributed by atoms with Crippen molar-refractivity contribution in [3.8, 4) is 5.75 Å². The van der Waals surface area contributed by atoms with Crippen molar-refractivity contribution in [3.63, 3.8) is 0 Å². The van der Waals surface area contributed by atoms with Crippen LogP contribution in [0.3, 0.4) is 0 Å². The van der Waals surface area contributed by atoms with Crippen LogP contribution in [-0.2, 0) is 28.5 Å². The first-order chi connectivity index (χ1) is 14.8. The van der Waals surface area contributed by atoms with Crippen LogP contribution in [0.25, 0.3) is 0 Å². The van der Waals surface area contributed by atoms with Gasteiger partial charge in [-0.05, 0) is 52.9 Å². The fraction of sp³-hybridized carbons (Fsp3) is 0.458. The van der Waals surface area contributed by atoms with Gasteiger partial charge >= 0.3 is 0 Å². The van der Waals surface area contributed by atoms with Crippen molar-refractivity contribution in [3.05, 3.63) is 59.2 Å². The first-order valence-electron chi connectivity index (χ1n) is 10.7. The van der Waals surface area contributed by atoms with Crippen LogP contribution >= 0.6 is 12.2 Å². The Bertz CT molecular complexity index is 1010. The molecule has 0 bridgehead atoms. The monoisotopic (exact) mass is 477 g/mol. The largest absolute Gasteiger partial charge is 0.493 e. The van der Waals surface area contributed by atoms with Gasteiger partial charge in [0, 0.05) is 24.3 Å². The lowest BCUT2D eigenvalue weighted by atomic mass is 9.86. The molecular formula is C24H35N3O3S2. The Morgan fingerprint density at radius 1 is 1.03 bits per heavy atom. The first-order valence-corrected chi connectivity index (χ1v) is 13.0. The maximum absolute atomic E-state index is 11.3. The summed E-state index contributed by atoms with van der Waals surface area (Å²) in [6, 6.07) is 13.5. The summed E-state index contributed by atoms with van der Waals surface area (Å²) in [5, 5.41) is 6.97. The first kappa shape index (κ1) is 25.9. The summed E-state index contributed by atoms with van der Waals surface area (Å²) >= 11 is 5.43. The van der Waals surface area contributed by atoms with Crippen LogP contribution in [0.15, 0.2) is 42.5 Å². The minimum absolute atomic E-state index is 0.0468. The number of sulfonamides is 1. The normalized spacial score (nSPS) is 11.8. The molecule has 0 saturated carbocycles. The van der Waals surface area contributed by atoms with Crippen LogP contribution in [0.2, 0.25) is 0 Å². The summed E-state index contributed by atoms with van der Waals surface area (Å²) in [4.78, 5) is 0. The molecule has 0 atom stereocenters. The maximum Gasteiger partial charge on any atom is 0.229 e. The summed E-state index contributed by atoms with van der Waals surface area (Å²) in [5.41, 5.74) is 3.85. The molecule has 32 heavy (non-hydrogen) atoms. The lowest BCUT2D eigenvalue weighted by Gasteiger charge is -2.22. The molecule has 0 aliphatic carbocycles. The summed E-state index contributed by atoms with van der Waals surface area (Å²) in [5.74, 6) is 1.33. The summed E-state index contributed by atoms with van der Waals surface area (Å²) in [6.07, 6.45) is 1.13. The zero-order valence-electron chi connectivity index (χ0n) is 19.8. The van der Waals surface area contributed by atoms with Gasteiger partial charge in [0.25, 0.3) is 0 Å². The molecule has 176 valence electrons.